The fraction of sp³-hybridized carbons (Fsp3) is 0.830. The number of rotatable bonds is 23. The zero-order valence-corrected chi connectivity index (χ0v) is 39.1. The van der Waals surface area contributed by atoms with Gasteiger partial charge < -0.3 is 29.5 Å². The molecule has 0 spiro atoms. The van der Waals surface area contributed by atoms with Crippen LogP contribution >= 0.6 is 0 Å². The number of aliphatic hydroxyl groups is 3. The zero-order chi connectivity index (χ0) is 43.3. The van der Waals surface area contributed by atoms with Crippen molar-refractivity contribution in [3.8, 4) is 0 Å². The van der Waals surface area contributed by atoms with Gasteiger partial charge in [-0.1, -0.05) is 129 Å². The Morgan fingerprint density at radius 2 is 1.55 bits per heavy atom. The Hall–Kier alpha value is -1.77. The average Bonchev–Trinajstić information content (AvgIpc) is 3.59. The topological polar surface area (TPSA) is 105 Å². The van der Waals surface area contributed by atoms with Crippen molar-refractivity contribution in [2.75, 3.05) is 6.61 Å². The lowest BCUT2D eigenvalue weighted by Gasteiger charge is -2.58. The highest BCUT2D eigenvalue weighted by atomic mass is 16.7. The number of fused-ring (bicyclic) bond motifs is 5. The molecule has 5 aliphatic rings. The molecule has 5 rings (SSSR count). The molecule has 3 N–H and O–H groups in total. The summed E-state index contributed by atoms with van der Waals surface area (Å²) in [5.74, 6) is 5.19. The van der Waals surface area contributed by atoms with Gasteiger partial charge in [-0.25, -0.2) is 0 Å². The van der Waals surface area contributed by atoms with E-state index in [1.165, 1.54) is 50.5 Å². The first-order valence-electron chi connectivity index (χ1n) is 25.0. The molecule has 0 aromatic rings. The second kappa shape index (κ2) is 23.8. The van der Waals surface area contributed by atoms with E-state index in [0.717, 1.165) is 119 Å². The van der Waals surface area contributed by atoms with E-state index in [2.05, 4.69) is 91.0 Å². The third-order valence-electron chi connectivity index (χ3n) is 16.7. The number of allylic oxidation sites excluding steroid dienone is 7. The molecule has 7 heteroatoms. The lowest BCUT2D eigenvalue weighted by molar-refractivity contribution is -0.313. The molecule has 0 bridgehead atoms. The highest BCUT2D eigenvalue weighted by Gasteiger charge is 2.59. The normalized spacial score (nSPS) is 36.7. The van der Waals surface area contributed by atoms with Crippen molar-refractivity contribution in [1.82, 2.24) is 0 Å². The monoisotopic (exact) mass is 837 g/mol. The fourth-order valence-corrected chi connectivity index (χ4v) is 12.9. The number of aliphatic hydroxyl groups excluding tert-OH is 3. The summed E-state index contributed by atoms with van der Waals surface area (Å²) < 4.78 is 18.0. The Morgan fingerprint density at radius 1 is 0.833 bits per heavy atom. The summed E-state index contributed by atoms with van der Waals surface area (Å²) in [4.78, 5) is 12.6. The fourth-order valence-electron chi connectivity index (χ4n) is 12.9. The van der Waals surface area contributed by atoms with E-state index < -0.39 is 30.7 Å². The molecule has 3 saturated carbocycles. The number of ether oxygens (including phenoxy) is 3. The lowest BCUT2D eigenvalue weighted by Crippen LogP contribution is -2.60. The van der Waals surface area contributed by atoms with Crippen LogP contribution in [0.1, 0.15) is 183 Å². The van der Waals surface area contributed by atoms with Gasteiger partial charge in [-0.15, -0.1) is 0 Å². The minimum atomic E-state index is -1.45. The van der Waals surface area contributed by atoms with Gasteiger partial charge >= 0.3 is 5.97 Å². The van der Waals surface area contributed by atoms with Crippen LogP contribution in [-0.4, -0.2) is 64.7 Å². The predicted octanol–water partition coefficient (Wildman–Crippen LogP) is 12.0. The first-order valence-corrected chi connectivity index (χ1v) is 25.0. The summed E-state index contributed by atoms with van der Waals surface area (Å²) >= 11 is 0. The predicted molar refractivity (Wildman–Crippen MR) is 244 cm³/mol. The van der Waals surface area contributed by atoms with Crippen LogP contribution in [-0.2, 0) is 19.0 Å². The van der Waals surface area contributed by atoms with Crippen LogP contribution in [0.3, 0.4) is 0 Å². The molecular formula is C53H88O7. The zero-order valence-electron chi connectivity index (χ0n) is 39.1. The van der Waals surface area contributed by atoms with E-state index in [1.54, 1.807) is 0 Å². The second-order valence-corrected chi connectivity index (χ2v) is 20.8. The van der Waals surface area contributed by atoms with Gasteiger partial charge in [-0.2, -0.15) is 0 Å². The number of carbonyl (C=O) groups is 1. The first-order chi connectivity index (χ1) is 28.8. The Bertz CT molecular complexity index is 1420. The summed E-state index contributed by atoms with van der Waals surface area (Å²) in [5.41, 5.74) is 2.11. The number of carbonyl (C=O) groups excluding carboxylic acids is 1. The molecule has 0 aromatic heterocycles. The van der Waals surface area contributed by atoms with Crippen LogP contribution in [0, 0.1) is 52.3 Å². The Labute approximate surface area is 366 Å². The SMILES string of the molecule is CC/C=C\C/C=C\C/C=C\CCCCCCCC(=O)OC[C@H]1O[C@@H](O[C@H]2CC[C@@]3(C)C(=CC[C@H]4[C@@H]5CC[C@H]([C@H](C)CC[C@@H](CC)C(C)C)[C@@]5(C)CC[C@@H]43)C2)[C@H](O)[C@@H](O)[C@@H]1O. The Kier molecular flexibility index (Phi) is 19.5. The van der Waals surface area contributed by atoms with Crippen LogP contribution in [0.25, 0.3) is 0 Å². The highest BCUT2D eigenvalue weighted by molar-refractivity contribution is 5.69. The van der Waals surface area contributed by atoms with E-state index in [1.807, 2.05) is 0 Å². The van der Waals surface area contributed by atoms with Gasteiger partial charge in [0.25, 0.3) is 0 Å². The molecule has 7 nitrogen and oxygen atoms in total. The molecule has 1 heterocycles. The Morgan fingerprint density at radius 3 is 2.28 bits per heavy atom. The molecule has 0 unspecified atom stereocenters. The van der Waals surface area contributed by atoms with Gasteiger partial charge in [0, 0.05) is 6.42 Å². The number of hydrogen-bond acceptors (Lipinski definition) is 7. The van der Waals surface area contributed by atoms with Crippen molar-refractivity contribution in [2.24, 2.45) is 52.3 Å². The molecule has 60 heavy (non-hydrogen) atoms. The van der Waals surface area contributed by atoms with Crippen LogP contribution in [0.2, 0.25) is 0 Å². The molecule has 0 amide bonds. The standard InChI is InChI=1S/C53H88O7/c1-8-10-11-12-13-14-15-16-17-18-19-20-21-22-23-24-47(54)58-36-46-48(55)49(56)50(57)51(60-46)59-41-31-33-52(6)40(35-41)27-28-42-44-30-29-43(53(44,7)34-32-45(42)52)38(5)25-26-39(9-2)37(3)4/h10-11,13-14,16-17,27,37-39,41-46,48-51,55-57H,8-9,12,15,18-26,28-36H2,1-7H3/b11-10-,14-13-,17-16-/t38-,39-,41+,42+,43-,44+,45+,46-,48-,49+,50-,51-,52+,53-/m1/s1. The molecule has 1 saturated heterocycles. The van der Waals surface area contributed by atoms with Crippen molar-refractivity contribution in [2.45, 2.75) is 220 Å². The quantitative estimate of drug-likeness (QED) is 0.0535. The van der Waals surface area contributed by atoms with Gasteiger partial charge in [-0.3, -0.25) is 4.79 Å². The third kappa shape index (κ3) is 12.5. The number of unbranched alkanes of at least 4 members (excludes halogenated alkanes) is 5. The molecule has 14 atom stereocenters. The molecule has 342 valence electrons. The lowest BCUT2D eigenvalue weighted by atomic mass is 9.47. The van der Waals surface area contributed by atoms with E-state index in [0.29, 0.717) is 17.8 Å². The molecular weight excluding hydrogens is 749 g/mol. The van der Waals surface area contributed by atoms with Crippen molar-refractivity contribution >= 4 is 5.97 Å². The highest BCUT2D eigenvalue weighted by Crippen LogP contribution is 2.67. The number of hydrogen-bond donors (Lipinski definition) is 3. The maximum atomic E-state index is 12.6. The van der Waals surface area contributed by atoms with Gasteiger partial charge in [0.2, 0.25) is 0 Å². The van der Waals surface area contributed by atoms with Gasteiger partial charge in [0.05, 0.1) is 6.10 Å². The van der Waals surface area contributed by atoms with Crippen LogP contribution < -0.4 is 0 Å². The van der Waals surface area contributed by atoms with Gasteiger partial charge in [0.1, 0.15) is 31.0 Å². The molecule has 0 radical (unpaired) electrons. The Balaban J connectivity index is 1.03. The minimum Gasteiger partial charge on any atom is -0.463 e. The summed E-state index contributed by atoms with van der Waals surface area (Å²) in [6.07, 6.45) is 32.3. The summed E-state index contributed by atoms with van der Waals surface area (Å²) in [5, 5.41) is 32.5. The summed E-state index contributed by atoms with van der Waals surface area (Å²) in [7, 11) is 0. The molecule has 1 aliphatic heterocycles. The third-order valence-corrected chi connectivity index (χ3v) is 16.7. The van der Waals surface area contributed by atoms with E-state index >= 15 is 0 Å². The maximum absolute atomic E-state index is 12.6. The molecule has 0 aromatic carbocycles. The summed E-state index contributed by atoms with van der Waals surface area (Å²) in [6, 6.07) is 0. The molecule has 4 fully saturated rings. The van der Waals surface area contributed by atoms with E-state index in [9.17, 15) is 20.1 Å². The van der Waals surface area contributed by atoms with E-state index in [4.69, 9.17) is 14.2 Å². The van der Waals surface area contributed by atoms with Crippen molar-refractivity contribution in [1.29, 1.82) is 0 Å². The largest absolute Gasteiger partial charge is 0.463 e. The maximum Gasteiger partial charge on any atom is 0.305 e. The van der Waals surface area contributed by atoms with Gasteiger partial charge in [0.15, 0.2) is 6.29 Å². The smallest absolute Gasteiger partial charge is 0.305 e. The van der Waals surface area contributed by atoms with Crippen molar-refractivity contribution in [3.63, 3.8) is 0 Å². The average molecular weight is 837 g/mol. The minimum absolute atomic E-state index is 0.148. The number of esters is 1. The second-order valence-electron chi connectivity index (χ2n) is 20.8. The van der Waals surface area contributed by atoms with Crippen LogP contribution in [0.4, 0.5) is 0 Å². The first kappa shape index (κ1) is 49.2. The summed E-state index contributed by atoms with van der Waals surface area (Å²) in [6.45, 7) is 16.9. The van der Waals surface area contributed by atoms with E-state index in [-0.39, 0.29) is 24.1 Å². The van der Waals surface area contributed by atoms with Crippen LogP contribution in [0.5, 0.6) is 0 Å². The molecule has 4 aliphatic carbocycles. The van der Waals surface area contributed by atoms with Crippen LogP contribution in [0.15, 0.2) is 48.1 Å². The van der Waals surface area contributed by atoms with Crippen molar-refractivity contribution in [3.05, 3.63) is 48.1 Å². The van der Waals surface area contributed by atoms with Crippen molar-refractivity contribution < 1.29 is 34.3 Å². The van der Waals surface area contributed by atoms with Gasteiger partial charge in [-0.05, 0) is 149 Å².